The lowest BCUT2D eigenvalue weighted by atomic mass is 10.2. The SMILES string of the molecule is CC[NH+](C/C=C/c1ccccc1)Cc1nc2ccccc2c(=O)[nH]1. The first kappa shape index (κ1) is 16.1. The summed E-state index contributed by atoms with van der Waals surface area (Å²) >= 11 is 0. The first-order valence-electron chi connectivity index (χ1n) is 8.29. The Morgan fingerprint density at radius 2 is 1.83 bits per heavy atom. The van der Waals surface area contributed by atoms with E-state index in [1.165, 1.54) is 10.5 Å². The van der Waals surface area contributed by atoms with Gasteiger partial charge in [0.05, 0.1) is 24.0 Å². The molecule has 0 saturated carbocycles. The van der Waals surface area contributed by atoms with Crippen LogP contribution < -0.4 is 10.5 Å². The molecule has 24 heavy (non-hydrogen) atoms. The lowest BCUT2D eigenvalue weighted by Gasteiger charge is -2.15. The molecular weight excluding hydrogens is 298 g/mol. The molecule has 3 aromatic rings. The van der Waals surface area contributed by atoms with Crippen molar-refractivity contribution < 1.29 is 4.90 Å². The second kappa shape index (κ2) is 7.70. The molecule has 0 aliphatic heterocycles. The largest absolute Gasteiger partial charge is 0.326 e. The zero-order valence-corrected chi connectivity index (χ0v) is 13.8. The van der Waals surface area contributed by atoms with Gasteiger partial charge in [0.25, 0.3) is 5.56 Å². The predicted octanol–water partition coefficient (Wildman–Crippen LogP) is 2.04. The van der Waals surface area contributed by atoms with Gasteiger partial charge in [-0.15, -0.1) is 0 Å². The summed E-state index contributed by atoms with van der Waals surface area (Å²) in [6.45, 7) is 4.71. The predicted molar refractivity (Wildman–Crippen MR) is 97.9 cm³/mol. The van der Waals surface area contributed by atoms with E-state index in [4.69, 9.17) is 0 Å². The number of aromatic nitrogens is 2. The van der Waals surface area contributed by atoms with Crippen molar-refractivity contribution in [2.45, 2.75) is 13.5 Å². The summed E-state index contributed by atoms with van der Waals surface area (Å²) in [7, 11) is 0. The Morgan fingerprint density at radius 3 is 2.62 bits per heavy atom. The van der Waals surface area contributed by atoms with Gasteiger partial charge in [0, 0.05) is 0 Å². The quantitative estimate of drug-likeness (QED) is 0.730. The van der Waals surface area contributed by atoms with Crippen molar-refractivity contribution in [1.29, 1.82) is 0 Å². The number of hydrogen-bond acceptors (Lipinski definition) is 2. The zero-order chi connectivity index (χ0) is 16.8. The van der Waals surface area contributed by atoms with Crippen LogP contribution in [0.25, 0.3) is 17.0 Å². The second-order valence-electron chi connectivity index (χ2n) is 5.83. The molecule has 0 aliphatic rings. The number of likely N-dealkylation sites (N-methyl/N-ethyl adjacent to an activating group) is 1. The molecule has 4 heteroatoms. The fourth-order valence-electron chi connectivity index (χ4n) is 2.72. The molecule has 1 atom stereocenters. The molecule has 0 spiro atoms. The van der Waals surface area contributed by atoms with Gasteiger partial charge < -0.3 is 9.88 Å². The van der Waals surface area contributed by atoms with Crippen molar-refractivity contribution in [2.24, 2.45) is 0 Å². The molecule has 0 bridgehead atoms. The Labute approximate surface area is 141 Å². The summed E-state index contributed by atoms with van der Waals surface area (Å²) in [5.74, 6) is 0.740. The van der Waals surface area contributed by atoms with Crippen molar-refractivity contribution >= 4 is 17.0 Å². The molecule has 0 amide bonds. The summed E-state index contributed by atoms with van der Waals surface area (Å²) in [5.41, 5.74) is 1.89. The Balaban J connectivity index is 1.71. The number of rotatable bonds is 6. The van der Waals surface area contributed by atoms with Crippen LogP contribution in [0.4, 0.5) is 0 Å². The lowest BCUT2D eigenvalue weighted by molar-refractivity contribution is -0.906. The van der Waals surface area contributed by atoms with Crippen LogP contribution in [-0.2, 0) is 6.54 Å². The van der Waals surface area contributed by atoms with E-state index in [2.05, 4.69) is 41.2 Å². The molecule has 2 aromatic carbocycles. The highest BCUT2D eigenvalue weighted by molar-refractivity contribution is 5.77. The Morgan fingerprint density at radius 1 is 1.08 bits per heavy atom. The molecule has 3 rings (SSSR count). The van der Waals surface area contributed by atoms with Gasteiger partial charge in [-0.25, -0.2) is 4.98 Å². The van der Waals surface area contributed by atoms with Gasteiger partial charge >= 0.3 is 0 Å². The topological polar surface area (TPSA) is 50.2 Å². The van der Waals surface area contributed by atoms with E-state index in [9.17, 15) is 4.79 Å². The maximum Gasteiger partial charge on any atom is 0.258 e. The Hall–Kier alpha value is -2.72. The number of H-pyrrole nitrogens is 1. The fourth-order valence-corrected chi connectivity index (χ4v) is 2.72. The van der Waals surface area contributed by atoms with Crippen molar-refractivity contribution in [3.8, 4) is 0 Å². The number of quaternary nitrogens is 1. The Bertz CT molecular complexity index is 884. The Kier molecular flexibility index (Phi) is 5.18. The van der Waals surface area contributed by atoms with Crippen LogP contribution >= 0.6 is 0 Å². The summed E-state index contributed by atoms with van der Waals surface area (Å²) in [6, 6.07) is 17.7. The number of nitrogens with one attached hydrogen (secondary N) is 2. The number of para-hydroxylation sites is 1. The average Bonchev–Trinajstić information content (AvgIpc) is 2.62. The third-order valence-electron chi connectivity index (χ3n) is 4.10. The van der Waals surface area contributed by atoms with Gasteiger partial charge in [-0.1, -0.05) is 48.5 Å². The number of aromatic amines is 1. The highest BCUT2D eigenvalue weighted by Crippen LogP contribution is 2.05. The lowest BCUT2D eigenvalue weighted by Crippen LogP contribution is -3.10. The number of hydrogen-bond donors (Lipinski definition) is 2. The monoisotopic (exact) mass is 320 g/mol. The highest BCUT2D eigenvalue weighted by atomic mass is 16.1. The van der Waals surface area contributed by atoms with E-state index in [1.54, 1.807) is 6.07 Å². The van der Waals surface area contributed by atoms with Gasteiger partial charge in [0.15, 0.2) is 5.82 Å². The maximum atomic E-state index is 12.1. The van der Waals surface area contributed by atoms with Crippen molar-refractivity contribution in [3.63, 3.8) is 0 Å². The van der Waals surface area contributed by atoms with Crippen LogP contribution in [0.1, 0.15) is 18.3 Å². The van der Waals surface area contributed by atoms with E-state index in [0.717, 1.165) is 24.4 Å². The van der Waals surface area contributed by atoms with Crippen LogP contribution in [-0.4, -0.2) is 23.1 Å². The molecule has 4 nitrogen and oxygen atoms in total. The first-order chi connectivity index (χ1) is 11.8. The molecule has 1 unspecified atom stereocenters. The van der Waals surface area contributed by atoms with Crippen LogP contribution in [0.2, 0.25) is 0 Å². The minimum absolute atomic E-state index is 0.0640. The third-order valence-corrected chi connectivity index (χ3v) is 4.10. The van der Waals surface area contributed by atoms with Crippen molar-refractivity contribution in [1.82, 2.24) is 9.97 Å². The summed E-state index contributed by atoms with van der Waals surface area (Å²) < 4.78 is 0. The molecule has 2 N–H and O–H groups in total. The van der Waals surface area contributed by atoms with Gasteiger partial charge in [0.2, 0.25) is 0 Å². The number of nitrogens with zero attached hydrogens (tertiary/aromatic N) is 1. The van der Waals surface area contributed by atoms with E-state index < -0.39 is 0 Å². The smallest absolute Gasteiger partial charge is 0.258 e. The molecule has 0 radical (unpaired) electrons. The van der Waals surface area contributed by atoms with E-state index in [1.807, 2.05) is 36.4 Å². The number of fused-ring (bicyclic) bond motifs is 1. The highest BCUT2D eigenvalue weighted by Gasteiger charge is 2.09. The van der Waals surface area contributed by atoms with Crippen LogP contribution in [0, 0.1) is 0 Å². The minimum Gasteiger partial charge on any atom is -0.326 e. The van der Waals surface area contributed by atoms with Gasteiger partial charge in [-0.3, -0.25) is 4.79 Å². The van der Waals surface area contributed by atoms with E-state index in [-0.39, 0.29) is 5.56 Å². The molecule has 0 aliphatic carbocycles. The normalized spacial score (nSPS) is 12.7. The van der Waals surface area contributed by atoms with Gasteiger partial charge in [-0.05, 0) is 30.7 Å². The third kappa shape index (κ3) is 3.97. The molecule has 1 aromatic heterocycles. The van der Waals surface area contributed by atoms with Crippen molar-refractivity contribution in [2.75, 3.05) is 13.1 Å². The minimum atomic E-state index is -0.0640. The standard InChI is InChI=1S/C20H21N3O/c1-2-23(14-8-11-16-9-4-3-5-10-16)15-19-21-18-13-7-6-12-17(18)20(24)22-19/h3-13H,2,14-15H2,1H3,(H,21,22,24)/p+1/b11-8+. The first-order valence-corrected chi connectivity index (χ1v) is 8.29. The summed E-state index contributed by atoms with van der Waals surface area (Å²) in [6.07, 6.45) is 4.31. The second-order valence-corrected chi connectivity index (χ2v) is 5.83. The van der Waals surface area contributed by atoms with Crippen LogP contribution in [0.3, 0.4) is 0 Å². The van der Waals surface area contributed by atoms with E-state index in [0.29, 0.717) is 11.9 Å². The average molecular weight is 320 g/mol. The molecular formula is C20H22N3O+. The van der Waals surface area contributed by atoms with E-state index >= 15 is 0 Å². The molecule has 122 valence electrons. The molecule has 1 heterocycles. The number of benzene rings is 2. The zero-order valence-electron chi connectivity index (χ0n) is 13.8. The van der Waals surface area contributed by atoms with Gasteiger partial charge in [-0.2, -0.15) is 0 Å². The van der Waals surface area contributed by atoms with Crippen molar-refractivity contribution in [3.05, 3.63) is 82.4 Å². The van der Waals surface area contributed by atoms with Crippen LogP contribution in [0.15, 0.2) is 65.5 Å². The van der Waals surface area contributed by atoms with Gasteiger partial charge in [0.1, 0.15) is 6.54 Å². The molecule has 0 saturated heterocycles. The maximum absolute atomic E-state index is 12.1. The summed E-state index contributed by atoms with van der Waals surface area (Å²) in [4.78, 5) is 21.0. The fraction of sp³-hybridized carbons (Fsp3) is 0.200. The van der Waals surface area contributed by atoms with Crippen LogP contribution in [0.5, 0.6) is 0 Å². The molecule has 0 fully saturated rings. The summed E-state index contributed by atoms with van der Waals surface area (Å²) in [5, 5.41) is 0.642.